The minimum Gasteiger partial charge on any atom is -0.242 e. The van der Waals surface area contributed by atoms with Crippen LogP contribution in [0, 0.1) is 5.82 Å². The summed E-state index contributed by atoms with van der Waals surface area (Å²) in [6, 6.07) is 7.70. The summed E-state index contributed by atoms with van der Waals surface area (Å²) in [5.41, 5.74) is 1.49. The zero-order valence-corrected chi connectivity index (χ0v) is 9.06. The first-order valence-electron chi connectivity index (χ1n) is 4.24. The molecular formula is C11H6Cl2FN. The van der Waals surface area contributed by atoms with Gasteiger partial charge in [-0.2, -0.15) is 0 Å². The lowest BCUT2D eigenvalue weighted by molar-refractivity contribution is 0.628. The first-order chi connectivity index (χ1) is 7.16. The quantitative estimate of drug-likeness (QED) is 0.683. The molecule has 0 radical (unpaired) electrons. The van der Waals surface area contributed by atoms with E-state index < -0.39 is 0 Å². The second-order valence-electron chi connectivity index (χ2n) is 3.00. The van der Waals surface area contributed by atoms with Crippen LogP contribution in [0.15, 0.2) is 36.5 Å². The summed E-state index contributed by atoms with van der Waals surface area (Å²) in [4.78, 5) is 3.92. The van der Waals surface area contributed by atoms with E-state index in [0.717, 1.165) is 5.56 Å². The van der Waals surface area contributed by atoms with Crippen LogP contribution in [-0.2, 0) is 0 Å². The van der Waals surface area contributed by atoms with Gasteiger partial charge in [0.05, 0.1) is 5.02 Å². The number of benzene rings is 1. The van der Waals surface area contributed by atoms with Crippen molar-refractivity contribution in [1.82, 2.24) is 4.98 Å². The third kappa shape index (κ3) is 2.28. The van der Waals surface area contributed by atoms with Crippen molar-refractivity contribution in [2.45, 2.75) is 0 Å². The van der Waals surface area contributed by atoms with Crippen LogP contribution in [0.1, 0.15) is 0 Å². The Labute approximate surface area is 96.5 Å². The number of rotatable bonds is 1. The minimum atomic E-state index is -0.287. The molecule has 76 valence electrons. The molecule has 0 saturated carbocycles. The fourth-order valence-electron chi connectivity index (χ4n) is 1.25. The van der Waals surface area contributed by atoms with Gasteiger partial charge in [0, 0.05) is 11.8 Å². The normalized spacial score (nSPS) is 10.3. The van der Waals surface area contributed by atoms with Gasteiger partial charge < -0.3 is 0 Å². The van der Waals surface area contributed by atoms with Gasteiger partial charge in [-0.3, -0.25) is 0 Å². The molecule has 2 rings (SSSR count). The third-order valence-corrected chi connectivity index (χ3v) is 2.47. The van der Waals surface area contributed by atoms with Crippen molar-refractivity contribution in [3.8, 4) is 11.1 Å². The van der Waals surface area contributed by atoms with Gasteiger partial charge in [-0.05, 0) is 23.8 Å². The van der Waals surface area contributed by atoms with Crippen molar-refractivity contribution in [3.63, 3.8) is 0 Å². The first-order valence-corrected chi connectivity index (χ1v) is 4.99. The molecule has 1 aromatic carbocycles. The molecule has 1 nitrogen and oxygen atoms in total. The molecule has 0 fully saturated rings. The largest absolute Gasteiger partial charge is 0.242 e. The minimum absolute atomic E-state index is 0.287. The second kappa shape index (κ2) is 4.17. The summed E-state index contributed by atoms with van der Waals surface area (Å²) in [5, 5.41) is 0.852. The maximum atomic E-state index is 12.7. The van der Waals surface area contributed by atoms with E-state index in [9.17, 15) is 4.39 Å². The van der Waals surface area contributed by atoms with E-state index in [1.807, 2.05) is 0 Å². The van der Waals surface area contributed by atoms with Gasteiger partial charge in [0.25, 0.3) is 0 Å². The van der Waals surface area contributed by atoms with E-state index in [-0.39, 0.29) is 5.82 Å². The number of hydrogen-bond donors (Lipinski definition) is 0. The Kier molecular flexibility index (Phi) is 2.89. The Balaban J connectivity index is 2.53. The lowest BCUT2D eigenvalue weighted by Crippen LogP contribution is -1.84. The molecule has 0 amide bonds. The lowest BCUT2D eigenvalue weighted by atomic mass is 10.1. The Bertz CT molecular complexity index is 482. The van der Waals surface area contributed by atoms with E-state index in [4.69, 9.17) is 23.2 Å². The molecule has 0 spiro atoms. The molecule has 0 aliphatic rings. The van der Waals surface area contributed by atoms with Gasteiger partial charge in [-0.25, -0.2) is 9.37 Å². The number of pyridine rings is 1. The Morgan fingerprint density at radius 1 is 1.07 bits per heavy atom. The second-order valence-corrected chi connectivity index (χ2v) is 3.79. The van der Waals surface area contributed by atoms with Crippen molar-refractivity contribution in [3.05, 3.63) is 52.5 Å². The molecule has 2 aromatic rings. The van der Waals surface area contributed by atoms with Gasteiger partial charge in [0.15, 0.2) is 0 Å². The van der Waals surface area contributed by atoms with E-state index >= 15 is 0 Å². The van der Waals surface area contributed by atoms with Crippen molar-refractivity contribution in [1.29, 1.82) is 0 Å². The van der Waals surface area contributed by atoms with Crippen LogP contribution in [0.5, 0.6) is 0 Å². The maximum absolute atomic E-state index is 12.7. The Morgan fingerprint density at radius 3 is 2.40 bits per heavy atom. The summed E-state index contributed by atoms with van der Waals surface area (Å²) in [5.74, 6) is -0.287. The van der Waals surface area contributed by atoms with Crippen LogP contribution < -0.4 is 0 Å². The predicted molar refractivity (Wildman–Crippen MR) is 59.7 cm³/mol. The van der Waals surface area contributed by atoms with Crippen LogP contribution >= 0.6 is 23.2 Å². The van der Waals surface area contributed by atoms with E-state index in [1.165, 1.54) is 18.3 Å². The van der Waals surface area contributed by atoms with Gasteiger partial charge in [0.2, 0.25) is 0 Å². The molecule has 0 atom stereocenters. The van der Waals surface area contributed by atoms with Gasteiger partial charge in [-0.15, -0.1) is 0 Å². The van der Waals surface area contributed by atoms with E-state index in [2.05, 4.69) is 4.98 Å². The number of nitrogens with zero attached hydrogens (tertiary/aromatic N) is 1. The van der Waals surface area contributed by atoms with Crippen molar-refractivity contribution < 1.29 is 4.39 Å². The van der Waals surface area contributed by atoms with Crippen LogP contribution in [0.2, 0.25) is 10.2 Å². The van der Waals surface area contributed by atoms with E-state index in [0.29, 0.717) is 15.7 Å². The molecule has 1 heterocycles. The highest BCUT2D eigenvalue weighted by atomic mass is 35.5. The molecule has 15 heavy (non-hydrogen) atoms. The Morgan fingerprint density at radius 2 is 1.73 bits per heavy atom. The fraction of sp³-hybridized carbons (Fsp3) is 0. The molecular weight excluding hydrogens is 236 g/mol. The zero-order chi connectivity index (χ0) is 10.8. The monoisotopic (exact) mass is 241 g/mol. The highest BCUT2D eigenvalue weighted by Crippen LogP contribution is 2.28. The van der Waals surface area contributed by atoms with Crippen molar-refractivity contribution in [2.75, 3.05) is 0 Å². The molecule has 0 unspecified atom stereocenters. The summed E-state index contributed by atoms with van der Waals surface area (Å²) in [7, 11) is 0. The van der Waals surface area contributed by atoms with Crippen LogP contribution in [0.25, 0.3) is 11.1 Å². The molecule has 0 bridgehead atoms. The first kappa shape index (κ1) is 10.4. The van der Waals surface area contributed by atoms with Gasteiger partial charge in [0.1, 0.15) is 11.0 Å². The summed E-state index contributed by atoms with van der Waals surface area (Å²) in [6.45, 7) is 0. The predicted octanol–water partition coefficient (Wildman–Crippen LogP) is 4.19. The molecule has 0 aliphatic heterocycles. The smallest absolute Gasteiger partial charge is 0.136 e. The summed E-state index contributed by atoms with van der Waals surface area (Å²) >= 11 is 11.7. The fourth-order valence-corrected chi connectivity index (χ4v) is 1.62. The maximum Gasteiger partial charge on any atom is 0.136 e. The van der Waals surface area contributed by atoms with E-state index in [1.54, 1.807) is 18.2 Å². The number of hydrogen-bond acceptors (Lipinski definition) is 1. The average Bonchev–Trinajstić information content (AvgIpc) is 2.23. The average molecular weight is 242 g/mol. The zero-order valence-electron chi connectivity index (χ0n) is 7.55. The van der Waals surface area contributed by atoms with Gasteiger partial charge in [-0.1, -0.05) is 35.3 Å². The molecule has 4 heteroatoms. The number of aromatic nitrogens is 1. The molecule has 0 aliphatic carbocycles. The van der Waals surface area contributed by atoms with Gasteiger partial charge >= 0.3 is 0 Å². The van der Waals surface area contributed by atoms with Crippen LogP contribution in [0.3, 0.4) is 0 Å². The highest BCUT2D eigenvalue weighted by Gasteiger charge is 2.05. The van der Waals surface area contributed by atoms with Crippen LogP contribution in [-0.4, -0.2) is 4.98 Å². The van der Waals surface area contributed by atoms with Crippen molar-refractivity contribution >= 4 is 23.2 Å². The Hall–Kier alpha value is -1.12. The summed E-state index contributed by atoms with van der Waals surface area (Å²) in [6.07, 6.45) is 1.47. The molecule has 1 aromatic heterocycles. The SMILES string of the molecule is Fc1ccc(-c2cc(Cl)cnc2Cl)cc1. The lowest BCUT2D eigenvalue weighted by Gasteiger charge is -2.03. The van der Waals surface area contributed by atoms with Crippen molar-refractivity contribution in [2.24, 2.45) is 0 Å². The number of halogens is 3. The molecule has 0 N–H and O–H groups in total. The third-order valence-electron chi connectivity index (χ3n) is 1.96. The van der Waals surface area contributed by atoms with Crippen LogP contribution in [0.4, 0.5) is 4.39 Å². The topological polar surface area (TPSA) is 12.9 Å². The molecule has 0 saturated heterocycles. The standard InChI is InChI=1S/C11H6Cl2FN/c12-8-5-10(11(13)15-6-8)7-1-3-9(14)4-2-7/h1-6H. The highest BCUT2D eigenvalue weighted by molar-refractivity contribution is 6.34. The summed E-state index contributed by atoms with van der Waals surface area (Å²) < 4.78 is 12.7.